The van der Waals surface area contributed by atoms with Crippen molar-refractivity contribution in [2.45, 2.75) is 24.9 Å². The molecule has 2 atom stereocenters. The molecular weight excluding hydrogens is 365 g/mol. The largest absolute Gasteiger partial charge is 0.312 e. The molecule has 2 aromatic rings. The fourth-order valence-corrected chi connectivity index (χ4v) is 4.04. The summed E-state index contributed by atoms with van der Waals surface area (Å²) in [6, 6.07) is 14.4. The lowest BCUT2D eigenvalue weighted by atomic mass is 10.2. The molecular formula is C18H19Cl2NO2S. The molecule has 0 bridgehead atoms. The Morgan fingerprint density at radius 3 is 2.42 bits per heavy atom. The zero-order chi connectivity index (χ0) is 17.7. The van der Waals surface area contributed by atoms with E-state index >= 15 is 0 Å². The number of hydrogen-bond donors (Lipinski definition) is 0. The molecule has 0 heterocycles. The molecule has 2 aromatic carbocycles. The summed E-state index contributed by atoms with van der Waals surface area (Å²) < 4.78 is 12.6. The van der Waals surface area contributed by atoms with Crippen LogP contribution in [0, 0.1) is 0 Å². The first-order chi connectivity index (χ1) is 11.4. The van der Waals surface area contributed by atoms with Gasteiger partial charge < -0.3 is 4.90 Å². The van der Waals surface area contributed by atoms with Crippen LogP contribution in [-0.2, 0) is 21.3 Å². The van der Waals surface area contributed by atoms with E-state index in [1.54, 1.807) is 30.0 Å². The number of carbonyl (C=O) groups excluding carboxylic acids is 1. The molecule has 0 spiro atoms. The van der Waals surface area contributed by atoms with Crippen molar-refractivity contribution in [3.63, 3.8) is 0 Å². The average molecular weight is 384 g/mol. The first-order valence-electron chi connectivity index (χ1n) is 7.61. The van der Waals surface area contributed by atoms with Crippen LogP contribution in [0.4, 0.5) is 5.69 Å². The molecule has 6 heteroatoms. The minimum atomic E-state index is -1.38. The second-order valence-corrected chi connectivity index (χ2v) is 7.92. The molecule has 1 amide bonds. The van der Waals surface area contributed by atoms with Gasteiger partial charge in [0.05, 0.1) is 5.75 Å². The van der Waals surface area contributed by atoms with Gasteiger partial charge in [-0.3, -0.25) is 9.00 Å². The smallest absolute Gasteiger partial charge is 0.242 e. The molecule has 0 aliphatic carbocycles. The maximum absolute atomic E-state index is 12.7. The molecule has 128 valence electrons. The third kappa shape index (κ3) is 4.59. The lowest BCUT2D eigenvalue weighted by Crippen LogP contribution is -2.40. The van der Waals surface area contributed by atoms with Gasteiger partial charge in [0.25, 0.3) is 0 Å². The number of amides is 1. The Balaban J connectivity index is 2.12. The fourth-order valence-electron chi connectivity index (χ4n) is 2.32. The third-order valence-electron chi connectivity index (χ3n) is 3.71. The van der Waals surface area contributed by atoms with Crippen LogP contribution in [0.25, 0.3) is 0 Å². The van der Waals surface area contributed by atoms with Gasteiger partial charge in [0.2, 0.25) is 5.91 Å². The highest BCUT2D eigenvalue weighted by atomic mass is 35.5. The maximum Gasteiger partial charge on any atom is 0.242 e. The lowest BCUT2D eigenvalue weighted by Gasteiger charge is -2.24. The number of carbonyl (C=O) groups is 1. The summed E-state index contributed by atoms with van der Waals surface area (Å²) in [7, 11) is -1.38. The molecule has 3 nitrogen and oxygen atoms in total. The number of hydrogen-bond acceptors (Lipinski definition) is 2. The summed E-state index contributed by atoms with van der Waals surface area (Å²) in [5.41, 5.74) is 1.53. The summed E-state index contributed by atoms with van der Waals surface area (Å²) in [6.07, 6.45) is 0. The van der Waals surface area contributed by atoms with Gasteiger partial charge in [-0.05, 0) is 43.7 Å². The molecule has 0 aliphatic heterocycles. The van der Waals surface area contributed by atoms with Gasteiger partial charge in [0, 0.05) is 33.1 Å². The van der Waals surface area contributed by atoms with E-state index in [1.807, 2.05) is 37.3 Å². The van der Waals surface area contributed by atoms with Crippen LogP contribution in [-0.4, -0.2) is 21.9 Å². The van der Waals surface area contributed by atoms with Gasteiger partial charge in [0.15, 0.2) is 0 Å². The van der Waals surface area contributed by atoms with Gasteiger partial charge in [-0.2, -0.15) is 0 Å². The molecule has 0 fully saturated rings. The van der Waals surface area contributed by atoms with Crippen molar-refractivity contribution >= 4 is 45.6 Å². The molecule has 0 unspecified atom stereocenters. The van der Waals surface area contributed by atoms with Crippen LogP contribution < -0.4 is 4.90 Å². The Morgan fingerprint density at radius 1 is 1.17 bits per heavy atom. The van der Waals surface area contributed by atoms with Gasteiger partial charge in [0.1, 0.15) is 5.25 Å². The van der Waals surface area contributed by atoms with Gasteiger partial charge in [-0.1, -0.05) is 47.5 Å². The monoisotopic (exact) mass is 383 g/mol. The molecule has 24 heavy (non-hydrogen) atoms. The van der Waals surface area contributed by atoms with E-state index in [-0.39, 0.29) is 11.7 Å². The van der Waals surface area contributed by atoms with Crippen LogP contribution in [0.5, 0.6) is 0 Å². The topological polar surface area (TPSA) is 37.4 Å². The van der Waals surface area contributed by atoms with E-state index in [4.69, 9.17) is 23.2 Å². The number of rotatable bonds is 6. The highest BCUT2D eigenvalue weighted by Crippen LogP contribution is 2.23. The van der Waals surface area contributed by atoms with E-state index in [9.17, 15) is 9.00 Å². The fraction of sp³-hybridized carbons (Fsp3) is 0.278. The van der Waals surface area contributed by atoms with Crippen molar-refractivity contribution in [1.29, 1.82) is 0 Å². The summed E-state index contributed by atoms with van der Waals surface area (Å²) >= 11 is 12.0. The number of nitrogens with zero attached hydrogens (tertiary/aromatic N) is 1. The number of para-hydroxylation sites is 1. The van der Waals surface area contributed by atoms with E-state index < -0.39 is 16.0 Å². The highest BCUT2D eigenvalue weighted by Gasteiger charge is 2.26. The minimum Gasteiger partial charge on any atom is -0.312 e. The van der Waals surface area contributed by atoms with E-state index in [0.717, 1.165) is 11.3 Å². The van der Waals surface area contributed by atoms with Crippen molar-refractivity contribution in [3.8, 4) is 0 Å². The maximum atomic E-state index is 12.7. The van der Waals surface area contributed by atoms with E-state index in [1.165, 1.54) is 0 Å². The van der Waals surface area contributed by atoms with Crippen molar-refractivity contribution in [2.75, 3.05) is 11.4 Å². The van der Waals surface area contributed by atoms with E-state index in [0.29, 0.717) is 16.6 Å². The average Bonchev–Trinajstić information content (AvgIpc) is 2.58. The normalized spacial score (nSPS) is 13.3. The lowest BCUT2D eigenvalue weighted by molar-refractivity contribution is -0.117. The van der Waals surface area contributed by atoms with Gasteiger partial charge in [-0.25, -0.2) is 0 Å². The van der Waals surface area contributed by atoms with Crippen LogP contribution in [0.3, 0.4) is 0 Å². The summed E-state index contributed by atoms with van der Waals surface area (Å²) in [5.74, 6) is 0.0574. The molecule has 2 rings (SSSR count). The zero-order valence-electron chi connectivity index (χ0n) is 13.5. The SMILES string of the molecule is CCN(C(=O)[C@@H](C)[S@](=O)Cc1ccc(Cl)cc1Cl)c1ccccc1. The number of halogens is 2. The third-order valence-corrected chi connectivity index (χ3v) is 5.88. The van der Waals surface area contributed by atoms with Crippen LogP contribution in [0.1, 0.15) is 19.4 Å². The second-order valence-electron chi connectivity index (χ2n) is 5.32. The van der Waals surface area contributed by atoms with Crippen LogP contribution in [0.2, 0.25) is 10.0 Å². The summed E-state index contributed by atoms with van der Waals surface area (Å²) in [5, 5.41) is 0.364. The number of benzene rings is 2. The molecule has 0 N–H and O–H groups in total. The molecule has 0 radical (unpaired) electrons. The van der Waals surface area contributed by atoms with Gasteiger partial charge >= 0.3 is 0 Å². The quantitative estimate of drug-likeness (QED) is 0.725. The van der Waals surface area contributed by atoms with Gasteiger partial charge in [-0.15, -0.1) is 0 Å². The van der Waals surface area contributed by atoms with Crippen molar-refractivity contribution in [3.05, 3.63) is 64.1 Å². The standard InChI is InChI=1S/C18H19Cl2NO2S/c1-3-21(16-7-5-4-6-8-16)18(22)13(2)24(23)12-14-9-10-15(19)11-17(14)20/h4-11,13H,3,12H2,1-2H3/t13-,24-/m1/s1. The summed E-state index contributed by atoms with van der Waals surface area (Å²) in [6.45, 7) is 4.11. The molecule has 0 saturated heterocycles. The Bertz CT molecular complexity index is 737. The van der Waals surface area contributed by atoms with Crippen molar-refractivity contribution in [2.24, 2.45) is 0 Å². The predicted molar refractivity (Wildman–Crippen MR) is 102 cm³/mol. The molecule has 0 aromatic heterocycles. The molecule has 0 saturated carbocycles. The Kier molecular flexibility index (Phi) is 6.84. The predicted octanol–water partition coefficient (Wildman–Crippen LogP) is 4.68. The zero-order valence-corrected chi connectivity index (χ0v) is 15.9. The van der Waals surface area contributed by atoms with Crippen LogP contribution in [0.15, 0.2) is 48.5 Å². The first-order valence-corrected chi connectivity index (χ1v) is 9.75. The summed E-state index contributed by atoms with van der Waals surface area (Å²) in [4.78, 5) is 14.4. The Labute approximate surface area is 155 Å². The number of anilines is 1. The second kappa shape index (κ2) is 8.65. The van der Waals surface area contributed by atoms with E-state index in [2.05, 4.69) is 0 Å². The minimum absolute atomic E-state index is 0.160. The first kappa shape index (κ1) is 19.0. The molecule has 0 aliphatic rings. The Hall–Kier alpha value is -1.36. The Morgan fingerprint density at radius 2 is 1.83 bits per heavy atom. The highest BCUT2D eigenvalue weighted by molar-refractivity contribution is 7.85. The van der Waals surface area contributed by atoms with Crippen LogP contribution >= 0.6 is 23.2 Å². The van der Waals surface area contributed by atoms with Crippen molar-refractivity contribution in [1.82, 2.24) is 0 Å². The van der Waals surface area contributed by atoms with Crippen molar-refractivity contribution < 1.29 is 9.00 Å².